The van der Waals surface area contributed by atoms with Gasteiger partial charge in [0.15, 0.2) is 5.96 Å². The summed E-state index contributed by atoms with van der Waals surface area (Å²) in [5.74, 6) is 1.94. The summed E-state index contributed by atoms with van der Waals surface area (Å²) in [5, 5.41) is 6.84. The maximum Gasteiger partial charge on any atom is 0.190 e. The summed E-state index contributed by atoms with van der Waals surface area (Å²) in [4.78, 5) is 6.85. The second-order valence-corrected chi connectivity index (χ2v) is 7.50. The molecule has 1 heterocycles. The van der Waals surface area contributed by atoms with E-state index in [9.17, 15) is 0 Å². The number of aliphatic imine (C=N–C) groups is 1. The second kappa shape index (κ2) is 12.4. The van der Waals surface area contributed by atoms with Crippen LogP contribution in [0.25, 0.3) is 0 Å². The SMILES string of the molecule is CN=C(NCCCN(C(C)C)C(C)C)NCCc1ccc2c(c1)CCO2.I. The minimum Gasteiger partial charge on any atom is -0.493 e. The Morgan fingerprint density at radius 3 is 2.52 bits per heavy atom. The van der Waals surface area contributed by atoms with E-state index in [2.05, 4.69) is 66.4 Å². The minimum absolute atomic E-state index is 0. The molecule has 0 saturated carbocycles. The molecule has 27 heavy (non-hydrogen) atoms. The summed E-state index contributed by atoms with van der Waals surface area (Å²) in [6.45, 7) is 12.8. The van der Waals surface area contributed by atoms with Crippen molar-refractivity contribution in [2.24, 2.45) is 4.99 Å². The Balaban J connectivity index is 0.00000364. The lowest BCUT2D eigenvalue weighted by Crippen LogP contribution is -2.41. The molecule has 0 fully saturated rings. The minimum atomic E-state index is 0. The molecule has 6 heteroatoms. The number of rotatable bonds is 9. The molecule has 0 aliphatic carbocycles. The Labute approximate surface area is 182 Å². The van der Waals surface area contributed by atoms with Gasteiger partial charge in [0.2, 0.25) is 0 Å². The molecule has 0 bridgehead atoms. The number of guanidine groups is 1. The zero-order valence-corrected chi connectivity index (χ0v) is 19.9. The van der Waals surface area contributed by atoms with Gasteiger partial charge in [0.25, 0.3) is 0 Å². The third kappa shape index (κ3) is 7.86. The first-order valence-corrected chi connectivity index (χ1v) is 9.96. The molecule has 2 rings (SSSR count). The molecular formula is C21H37IN4O. The predicted molar refractivity (Wildman–Crippen MR) is 126 cm³/mol. The average molecular weight is 488 g/mol. The van der Waals surface area contributed by atoms with Crippen LogP contribution < -0.4 is 15.4 Å². The van der Waals surface area contributed by atoms with Gasteiger partial charge in [0.05, 0.1) is 6.61 Å². The van der Waals surface area contributed by atoms with Gasteiger partial charge in [-0.25, -0.2) is 0 Å². The molecule has 0 aromatic heterocycles. The van der Waals surface area contributed by atoms with Gasteiger partial charge in [-0.15, -0.1) is 24.0 Å². The third-order valence-electron chi connectivity index (χ3n) is 4.90. The molecule has 1 aliphatic rings. The van der Waals surface area contributed by atoms with Crippen LogP contribution in [0.15, 0.2) is 23.2 Å². The first kappa shape index (κ1) is 24.0. The van der Waals surface area contributed by atoms with Crippen LogP contribution in [0.5, 0.6) is 5.75 Å². The largest absolute Gasteiger partial charge is 0.493 e. The molecule has 1 aromatic carbocycles. The maximum atomic E-state index is 5.57. The molecule has 0 spiro atoms. The Kier molecular flexibility index (Phi) is 11.1. The maximum absolute atomic E-state index is 5.57. The van der Waals surface area contributed by atoms with Crippen molar-refractivity contribution in [1.29, 1.82) is 0 Å². The number of ether oxygens (including phenoxy) is 1. The molecule has 0 amide bonds. The highest BCUT2D eigenvalue weighted by molar-refractivity contribution is 14.0. The van der Waals surface area contributed by atoms with E-state index in [0.29, 0.717) is 12.1 Å². The van der Waals surface area contributed by atoms with Gasteiger partial charge < -0.3 is 15.4 Å². The molecular weight excluding hydrogens is 451 g/mol. The van der Waals surface area contributed by atoms with Crippen LogP contribution in [0.3, 0.4) is 0 Å². The van der Waals surface area contributed by atoms with Gasteiger partial charge in [-0.3, -0.25) is 9.89 Å². The summed E-state index contributed by atoms with van der Waals surface area (Å²) in [6.07, 6.45) is 3.13. The van der Waals surface area contributed by atoms with Crippen LogP contribution >= 0.6 is 24.0 Å². The van der Waals surface area contributed by atoms with Crippen LogP contribution in [-0.2, 0) is 12.8 Å². The van der Waals surface area contributed by atoms with Gasteiger partial charge in [-0.05, 0) is 57.7 Å². The smallest absolute Gasteiger partial charge is 0.190 e. The monoisotopic (exact) mass is 488 g/mol. The molecule has 154 valence electrons. The summed E-state index contributed by atoms with van der Waals surface area (Å²) in [5.41, 5.74) is 2.69. The van der Waals surface area contributed by atoms with E-state index >= 15 is 0 Å². The highest BCUT2D eigenvalue weighted by Crippen LogP contribution is 2.25. The number of benzene rings is 1. The van der Waals surface area contributed by atoms with Crippen molar-refractivity contribution in [2.45, 2.75) is 59.0 Å². The molecule has 0 saturated heterocycles. The molecule has 5 nitrogen and oxygen atoms in total. The topological polar surface area (TPSA) is 48.9 Å². The van der Waals surface area contributed by atoms with Crippen LogP contribution in [0.2, 0.25) is 0 Å². The molecule has 0 unspecified atom stereocenters. The van der Waals surface area contributed by atoms with Crippen LogP contribution in [0.1, 0.15) is 45.2 Å². The Hall–Kier alpha value is -1.02. The molecule has 0 atom stereocenters. The highest BCUT2D eigenvalue weighted by Gasteiger charge is 2.13. The lowest BCUT2D eigenvalue weighted by Gasteiger charge is -2.30. The number of nitrogens with one attached hydrogen (secondary N) is 2. The quantitative estimate of drug-likeness (QED) is 0.242. The van der Waals surface area contributed by atoms with Crippen molar-refractivity contribution in [2.75, 3.05) is 33.3 Å². The normalized spacial score (nSPS) is 13.6. The molecule has 1 aromatic rings. The lowest BCUT2D eigenvalue weighted by molar-refractivity contribution is 0.173. The van der Waals surface area contributed by atoms with E-state index in [1.165, 1.54) is 11.1 Å². The fourth-order valence-electron chi connectivity index (χ4n) is 3.52. The van der Waals surface area contributed by atoms with Gasteiger partial charge in [-0.2, -0.15) is 0 Å². The number of nitrogens with zero attached hydrogens (tertiary/aromatic N) is 2. The van der Waals surface area contributed by atoms with Crippen molar-refractivity contribution in [3.05, 3.63) is 29.3 Å². The zero-order valence-electron chi connectivity index (χ0n) is 17.5. The lowest BCUT2D eigenvalue weighted by atomic mass is 10.1. The van der Waals surface area contributed by atoms with Gasteiger partial charge in [-0.1, -0.05) is 12.1 Å². The van der Waals surface area contributed by atoms with E-state index in [1.54, 1.807) is 0 Å². The fraction of sp³-hybridized carbons (Fsp3) is 0.667. The number of halogens is 1. The van der Waals surface area contributed by atoms with Gasteiger partial charge in [0, 0.05) is 45.2 Å². The van der Waals surface area contributed by atoms with Crippen LogP contribution in [0.4, 0.5) is 0 Å². The van der Waals surface area contributed by atoms with E-state index in [-0.39, 0.29) is 24.0 Å². The average Bonchev–Trinajstić information content (AvgIpc) is 3.07. The summed E-state index contributed by atoms with van der Waals surface area (Å²) < 4.78 is 5.57. The van der Waals surface area contributed by atoms with E-state index in [4.69, 9.17) is 4.74 Å². The summed E-state index contributed by atoms with van der Waals surface area (Å²) >= 11 is 0. The first-order valence-electron chi connectivity index (χ1n) is 9.96. The van der Waals surface area contributed by atoms with E-state index in [0.717, 1.165) is 57.2 Å². The standard InChI is InChI=1S/C21H36N4O.HI/c1-16(2)25(17(3)4)13-6-11-23-21(22-5)24-12-9-18-7-8-20-19(15-18)10-14-26-20;/h7-8,15-17H,6,9-14H2,1-5H3,(H2,22,23,24);1H. The highest BCUT2D eigenvalue weighted by atomic mass is 127. The first-order chi connectivity index (χ1) is 12.5. The molecule has 0 radical (unpaired) electrons. The predicted octanol–water partition coefficient (Wildman–Crippen LogP) is 3.46. The van der Waals surface area contributed by atoms with Crippen molar-refractivity contribution >= 4 is 29.9 Å². The molecule has 2 N–H and O–H groups in total. The Bertz CT molecular complexity index is 582. The van der Waals surface area contributed by atoms with Gasteiger partial charge >= 0.3 is 0 Å². The van der Waals surface area contributed by atoms with Crippen molar-refractivity contribution in [3.8, 4) is 5.75 Å². The van der Waals surface area contributed by atoms with Crippen LogP contribution in [0, 0.1) is 0 Å². The number of hydrogen-bond donors (Lipinski definition) is 2. The van der Waals surface area contributed by atoms with Crippen molar-refractivity contribution in [3.63, 3.8) is 0 Å². The summed E-state index contributed by atoms with van der Waals surface area (Å²) in [7, 11) is 1.83. The Morgan fingerprint density at radius 1 is 1.15 bits per heavy atom. The summed E-state index contributed by atoms with van der Waals surface area (Å²) in [6, 6.07) is 7.70. The molecule has 1 aliphatic heterocycles. The Morgan fingerprint density at radius 2 is 1.85 bits per heavy atom. The van der Waals surface area contributed by atoms with E-state index < -0.39 is 0 Å². The fourth-order valence-corrected chi connectivity index (χ4v) is 3.52. The van der Waals surface area contributed by atoms with Crippen LogP contribution in [-0.4, -0.2) is 56.2 Å². The van der Waals surface area contributed by atoms with Crippen molar-refractivity contribution < 1.29 is 4.74 Å². The van der Waals surface area contributed by atoms with E-state index in [1.807, 2.05) is 7.05 Å². The zero-order chi connectivity index (χ0) is 18.9. The number of fused-ring (bicyclic) bond motifs is 1. The van der Waals surface area contributed by atoms with Gasteiger partial charge in [0.1, 0.15) is 5.75 Å². The number of hydrogen-bond acceptors (Lipinski definition) is 3. The third-order valence-corrected chi connectivity index (χ3v) is 4.90. The second-order valence-electron chi connectivity index (χ2n) is 7.50. The van der Waals surface area contributed by atoms with Crippen molar-refractivity contribution in [1.82, 2.24) is 15.5 Å².